The lowest BCUT2D eigenvalue weighted by Crippen LogP contribution is -2.30. The minimum atomic E-state index is -0.792. The fraction of sp³-hybridized carbons (Fsp3) is 0.737. The molecule has 0 aliphatic carbocycles. The number of rotatable bonds is 47. The van der Waals surface area contributed by atoms with Crippen LogP contribution in [0.1, 0.15) is 252 Å². The molecule has 0 unspecified atom stereocenters. The van der Waals surface area contributed by atoms with Crippen LogP contribution in [0.4, 0.5) is 0 Å². The molecule has 63 heavy (non-hydrogen) atoms. The predicted octanol–water partition coefficient (Wildman–Crippen LogP) is 17.4. The van der Waals surface area contributed by atoms with Gasteiger partial charge in [0.15, 0.2) is 6.10 Å². The van der Waals surface area contributed by atoms with Gasteiger partial charge in [-0.05, 0) is 109 Å². The summed E-state index contributed by atoms with van der Waals surface area (Å²) < 4.78 is 16.8. The maximum atomic E-state index is 12.8. The van der Waals surface area contributed by atoms with Crippen LogP contribution in [0.15, 0.2) is 72.9 Å². The molecule has 6 heteroatoms. The van der Waals surface area contributed by atoms with Gasteiger partial charge in [-0.15, -0.1) is 0 Å². The van der Waals surface area contributed by atoms with Gasteiger partial charge in [-0.2, -0.15) is 0 Å². The Bertz CT molecular complexity index is 1190. The molecular weight excluding hydrogens is 781 g/mol. The molecule has 1 atom stereocenters. The monoisotopic (exact) mass is 879 g/mol. The number of carbonyl (C=O) groups excluding carboxylic acids is 3. The molecule has 0 aromatic rings. The lowest BCUT2D eigenvalue weighted by Gasteiger charge is -2.18. The van der Waals surface area contributed by atoms with Crippen LogP contribution in [-0.4, -0.2) is 37.2 Å². The van der Waals surface area contributed by atoms with Gasteiger partial charge in [0.1, 0.15) is 13.2 Å². The summed E-state index contributed by atoms with van der Waals surface area (Å²) in [5.41, 5.74) is 0. The normalized spacial score (nSPS) is 12.6. The maximum absolute atomic E-state index is 12.8. The average Bonchev–Trinajstić information content (AvgIpc) is 3.28. The van der Waals surface area contributed by atoms with Crippen molar-refractivity contribution in [2.45, 2.75) is 258 Å². The van der Waals surface area contributed by atoms with Crippen LogP contribution in [0.5, 0.6) is 0 Å². The van der Waals surface area contributed by atoms with Crippen LogP contribution < -0.4 is 0 Å². The highest BCUT2D eigenvalue weighted by Crippen LogP contribution is 2.14. The van der Waals surface area contributed by atoms with Gasteiger partial charge in [0.25, 0.3) is 0 Å². The highest BCUT2D eigenvalue weighted by atomic mass is 16.6. The predicted molar refractivity (Wildman–Crippen MR) is 270 cm³/mol. The summed E-state index contributed by atoms with van der Waals surface area (Å²) in [6, 6.07) is 0. The number of allylic oxidation sites excluding steroid dienone is 12. The van der Waals surface area contributed by atoms with Crippen LogP contribution in [0.25, 0.3) is 0 Å². The van der Waals surface area contributed by atoms with Gasteiger partial charge in [-0.3, -0.25) is 14.4 Å². The van der Waals surface area contributed by atoms with Crippen molar-refractivity contribution < 1.29 is 28.6 Å². The Morgan fingerprint density at radius 2 is 0.619 bits per heavy atom. The zero-order valence-corrected chi connectivity index (χ0v) is 41.3. The molecule has 0 aliphatic heterocycles. The van der Waals surface area contributed by atoms with Crippen molar-refractivity contribution in [3.8, 4) is 0 Å². The van der Waals surface area contributed by atoms with Gasteiger partial charge >= 0.3 is 17.9 Å². The molecule has 0 radical (unpaired) electrons. The first-order valence-electron chi connectivity index (χ1n) is 26.4. The second kappa shape index (κ2) is 51.5. The van der Waals surface area contributed by atoms with Gasteiger partial charge in [0.2, 0.25) is 0 Å². The average molecular weight is 879 g/mol. The number of carbonyl (C=O) groups is 3. The summed E-state index contributed by atoms with van der Waals surface area (Å²) in [6.07, 6.45) is 64.5. The molecule has 362 valence electrons. The molecule has 0 fully saturated rings. The van der Waals surface area contributed by atoms with E-state index in [-0.39, 0.29) is 31.1 Å². The molecule has 0 aromatic heterocycles. The quantitative estimate of drug-likeness (QED) is 0.0262. The SMILES string of the molecule is CCC=CCC=CCC=CCCCCCCCC(=O)OC[C@@H](COC(=O)CCCCCCCC=CCC=CCCCCC)OC(=O)CCCCCCCC=CCCCCCCCC. The first-order valence-corrected chi connectivity index (χ1v) is 26.4. The first kappa shape index (κ1) is 59.9. The van der Waals surface area contributed by atoms with Crippen LogP contribution >= 0.6 is 0 Å². The third kappa shape index (κ3) is 49.7. The van der Waals surface area contributed by atoms with Crippen LogP contribution in [-0.2, 0) is 28.6 Å². The van der Waals surface area contributed by atoms with Gasteiger partial charge in [0.05, 0.1) is 0 Å². The van der Waals surface area contributed by atoms with Gasteiger partial charge < -0.3 is 14.2 Å². The molecular formula is C57H98O6. The standard InChI is InChI=1S/C57H98O6/c1-4-7-10-13-16-19-22-25-28-31-34-37-40-43-46-49-55(58)61-52-54(63-57(60)51-48-45-42-39-36-33-30-27-24-21-18-15-12-9-6-3)53-62-56(59)50-47-44-41-38-35-32-29-26-23-20-17-14-11-8-5-2/h7,10,16-17,19-20,25-30,54H,4-6,8-9,11-15,18,21-24,31-53H2,1-3H3/t54-/m0/s1. The van der Waals surface area contributed by atoms with Crippen molar-refractivity contribution in [3.05, 3.63) is 72.9 Å². The van der Waals surface area contributed by atoms with E-state index < -0.39 is 6.10 Å². The fourth-order valence-corrected chi connectivity index (χ4v) is 7.19. The molecule has 0 N–H and O–H groups in total. The largest absolute Gasteiger partial charge is 0.462 e. The number of hydrogen-bond donors (Lipinski definition) is 0. The topological polar surface area (TPSA) is 78.9 Å². The summed E-state index contributed by atoms with van der Waals surface area (Å²) in [5, 5.41) is 0. The molecule has 0 saturated carbocycles. The summed E-state index contributed by atoms with van der Waals surface area (Å²) in [4.78, 5) is 38.0. The second-order valence-electron chi connectivity index (χ2n) is 17.4. The minimum absolute atomic E-state index is 0.0917. The number of esters is 3. The van der Waals surface area contributed by atoms with Gasteiger partial charge in [-0.25, -0.2) is 0 Å². The maximum Gasteiger partial charge on any atom is 0.306 e. The molecule has 6 nitrogen and oxygen atoms in total. The highest BCUT2D eigenvalue weighted by molar-refractivity contribution is 5.71. The molecule has 0 saturated heterocycles. The Kier molecular flexibility index (Phi) is 48.9. The van der Waals surface area contributed by atoms with Gasteiger partial charge in [0, 0.05) is 19.3 Å². The zero-order valence-electron chi connectivity index (χ0n) is 41.3. The Labute approximate surface area is 389 Å². The van der Waals surface area contributed by atoms with Crippen molar-refractivity contribution >= 4 is 17.9 Å². The summed E-state index contributed by atoms with van der Waals surface area (Å²) >= 11 is 0. The molecule has 0 rings (SSSR count). The Morgan fingerprint density at radius 1 is 0.333 bits per heavy atom. The van der Waals surface area contributed by atoms with E-state index >= 15 is 0 Å². The fourth-order valence-electron chi connectivity index (χ4n) is 7.19. The second-order valence-corrected chi connectivity index (χ2v) is 17.4. The van der Waals surface area contributed by atoms with E-state index in [1.54, 1.807) is 0 Å². The van der Waals surface area contributed by atoms with Crippen molar-refractivity contribution in [2.75, 3.05) is 13.2 Å². The van der Waals surface area contributed by atoms with Crippen LogP contribution in [0, 0.1) is 0 Å². The van der Waals surface area contributed by atoms with Crippen molar-refractivity contribution in [2.24, 2.45) is 0 Å². The Balaban J connectivity index is 4.45. The molecule has 0 amide bonds. The molecule has 0 heterocycles. The van der Waals surface area contributed by atoms with Crippen molar-refractivity contribution in [1.29, 1.82) is 0 Å². The summed E-state index contributed by atoms with van der Waals surface area (Å²) in [6.45, 7) is 6.46. The highest BCUT2D eigenvalue weighted by Gasteiger charge is 2.19. The van der Waals surface area contributed by atoms with E-state index in [0.717, 1.165) is 135 Å². The van der Waals surface area contributed by atoms with Crippen LogP contribution in [0.2, 0.25) is 0 Å². The lowest BCUT2D eigenvalue weighted by molar-refractivity contribution is -0.167. The van der Waals surface area contributed by atoms with Crippen molar-refractivity contribution in [3.63, 3.8) is 0 Å². The van der Waals surface area contributed by atoms with E-state index in [4.69, 9.17) is 14.2 Å². The van der Waals surface area contributed by atoms with E-state index in [1.807, 2.05) is 0 Å². The Hall–Kier alpha value is -3.15. The lowest BCUT2D eigenvalue weighted by atomic mass is 10.1. The number of unbranched alkanes of at least 4 members (excludes halogenated alkanes) is 24. The van der Waals surface area contributed by atoms with Crippen LogP contribution in [0.3, 0.4) is 0 Å². The number of hydrogen-bond acceptors (Lipinski definition) is 6. The third-order valence-electron chi connectivity index (χ3n) is 11.2. The smallest absolute Gasteiger partial charge is 0.306 e. The molecule has 0 aliphatic rings. The zero-order chi connectivity index (χ0) is 45.8. The summed E-state index contributed by atoms with van der Waals surface area (Å²) in [5.74, 6) is -0.927. The third-order valence-corrected chi connectivity index (χ3v) is 11.2. The van der Waals surface area contributed by atoms with Gasteiger partial charge in [-0.1, -0.05) is 196 Å². The molecule has 0 aromatic carbocycles. The van der Waals surface area contributed by atoms with E-state index in [2.05, 4.69) is 93.7 Å². The van der Waals surface area contributed by atoms with E-state index in [1.165, 1.54) is 77.0 Å². The number of ether oxygens (including phenoxy) is 3. The minimum Gasteiger partial charge on any atom is -0.462 e. The van der Waals surface area contributed by atoms with E-state index in [0.29, 0.717) is 19.3 Å². The first-order chi connectivity index (χ1) is 31.0. The molecule has 0 spiro atoms. The van der Waals surface area contributed by atoms with Crippen molar-refractivity contribution in [1.82, 2.24) is 0 Å². The van der Waals surface area contributed by atoms with E-state index in [9.17, 15) is 14.4 Å². The Morgan fingerprint density at radius 3 is 1.02 bits per heavy atom. The molecule has 0 bridgehead atoms. The summed E-state index contributed by atoms with van der Waals surface area (Å²) in [7, 11) is 0.